The van der Waals surface area contributed by atoms with Gasteiger partial charge in [-0.3, -0.25) is 4.79 Å². The first-order valence-electron chi connectivity index (χ1n) is 6.55. The van der Waals surface area contributed by atoms with Crippen molar-refractivity contribution in [2.75, 3.05) is 24.6 Å². The lowest BCUT2D eigenvalue weighted by molar-refractivity contribution is -0.127. The summed E-state index contributed by atoms with van der Waals surface area (Å²) in [5.41, 5.74) is 7.33. The maximum absolute atomic E-state index is 11.8. The average Bonchev–Trinajstić information content (AvgIpc) is 2.65. The van der Waals surface area contributed by atoms with Crippen LogP contribution in [-0.4, -0.2) is 36.5 Å². The van der Waals surface area contributed by atoms with Crippen LogP contribution in [0.1, 0.15) is 20.3 Å². The van der Waals surface area contributed by atoms with Gasteiger partial charge in [0.15, 0.2) is 0 Å². The van der Waals surface area contributed by atoms with Gasteiger partial charge in [-0.15, -0.1) is 0 Å². The van der Waals surface area contributed by atoms with E-state index in [-0.39, 0.29) is 18.1 Å². The summed E-state index contributed by atoms with van der Waals surface area (Å²) < 4.78 is 5.64. The van der Waals surface area contributed by atoms with Gasteiger partial charge in [0.05, 0.1) is 11.8 Å². The Morgan fingerprint density at radius 2 is 2.21 bits per heavy atom. The Morgan fingerprint density at radius 1 is 1.47 bits per heavy atom. The molecule has 104 valence electrons. The molecule has 0 bridgehead atoms. The predicted octanol–water partition coefficient (Wildman–Crippen LogP) is 1.70. The molecule has 1 aliphatic rings. The van der Waals surface area contributed by atoms with Gasteiger partial charge in [-0.1, -0.05) is 0 Å². The summed E-state index contributed by atoms with van der Waals surface area (Å²) in [7, 11) is 1.82. The molecule has 1 amide bonds. The number of nitrogens with zero attached hydrogens (tertiary/aromatic N) is 1. The van der Waals surface area contributed by atoms with E-state index in [1.165, 1.54) is 0 Å². The number of likely N-dealkylation sites (tertiary alicyclic amines) is 1. The molecule has 0 aromatic heterocycles. The molecule has 1 aliphatic heterocycles. The second kappa shape index (κ2) is 5.38. The molecule has 1 unspecified atom stereocenters. The molecule has 1 heterocycles. The fourth-order valence-electron chi connectivity index (χ4n) is 2.14. The zero-order chi connectivity index (χ0) is 14.0. The molecule has 19 heavy (non-hydrogen) atoms. The molecule has 1 atom stereocenters. The van der Waals surface area contributed by atoms with Gasteiger partial charge in [-0.2, -0.15) is 0 Å². The number of likely N-dealkylation sites (N-methyl/N-ethyl adjacent to an activating group) is 1. The third-order valence-electron chi connectivity index (χ3n) is 3.14. The lowest BCUT2D eigenvalue weighted by atomic mass is 10.2. The molecule has 5 heteroatoms. The molecule has 1 aromatic rings. The summed E-state index contributed by atoms with van der Waals surface area (Å²) in [6.45, 7) is 4.70. The van der Waals surface area contributed by atoms with Gasteiger partial charge in [0.2, 0.25) is 5.91 Å². The monoisotopic (exact) mass is 263 g/mol. The van der Waals surface area contributed by atoms with Gasteiger partial charge in [-0.25, -0.2) is 0 Å². The normalized spacial score (nSPS) is 19.1. The molecular formula is C14H21N3O2. The fraction of sp³-hybridized carbons (Fsp3) is 0.500. The molecular weight excluding hydrogens is 242 g/mol. The molecule has 0 radical (unpaired) electrons. The van der Waals surface area contributed by atoms with Crippen LogP contribution in [0.15, 0.2) is 18.2 Å². The Labute approximate surface area is 113 Å². The average molecular weight is 263 g/mol. The molecule has 3 N–H and O–H groups in total. The van der Waals surface area contributed by atoms with Gasteiger partial charge >= 0.3 is 0 Å². The zero-order valence-corrected chi connectivity index (χ0v) is 11.6. The standard InChI is InChI=1S/C14H21N3O2/c1-9(2)19-13-8-10(4-5-11(13)15)16-12-6-7-17(3)14(12)18/h4-5,8-9,12,16H,6-7,15H2,1-3H3. The number of benzene rings is 1. The second-order valence-corrected chi connectivity index (χ2v) is 5.16. The van der Waals surface area contributed by atoms with E-state index in [4.69, 9.17) is 10.5 Å². The Balaban J connectivity index is 2.11. The van der Waals surface area contributed by atoms with Crippen LogP contribution in [0.4, 0.5) is 11.4 Å². The van der Waals surface area contributed by atoms with Crippen LogP contribution < -0.4 is 15.8 Å². The van der Waals surface area contributed by atoms with Crippen molar-refractivity contribution in [2.45, 2.75) is 32.4 Å². The quantitative estimate of drug-likeness (QED) is 0.811. The highest BCUT2D eigenvalue weighted by Gasteiger charge is 2.28. The number of anilines is 2. The molecule has 2 rings (SSSR count). The fourth-order valence-corrected chi connectivity index (χ4v) is 2.14. The van der Waals surface area contributed by atoms with Crippen molar-refractivity contribution in [1.29, 1.82) is 0 Å². The van der Waals surface area contributed by atoms with Crippen LogP contribution >= 0.6 is 0 Å². The van der Waals surface area contributed by atoms with Crippen molar-refractivity contribution < 1.29 is 9.53 Å². The number of nitrogen functional groups attached to an aromatic ring is 1. The zero-order valence-electron chi connectivity index (χ0n) is 11.6. The van der Waals surface area contributed by atoms with E-state index >= 15 is 0 Å². The highest BCUT2D eigenvalue weighted by molar-refractivity contribution is 5.86. The van der Waals surface area contributed by atoms with Crippen molar-refractivity contribution in [3.05, 3.63) is 18.2 Å². The number of nitrogens with two attached hydrogens (primary N) is 1. The van der Waals surface area contributed by atoms with E-state index in [1.54, 1.807) is 11.0 Å². The predicted molar refractivity (Wildman–Crippen MR) is 76.3 cm³/mol. The maximum Gasteiger partial charge on any atom is 0.244 e. The molecule has 1 saturated heterocycles. The molecule has 1 fully saturated rings. The highest BCUT2D eigenvalue weighted by Crippen LogP contribution is 2.27. The Hall–Kier alpha value is -1.91. The van der Waals surface area contributed by atoms with Crippen LogP contribution in [0.25, 0.3) is 0 Å². The summed E-state index contributed by atoms with van der Waals surface area (Å²) in [6.07, 6.45) is 0.886. The van der Waals surface area contributed by atoms with E-state index in [9.17, 15) is 4.79 Å². The first-order valence-corrected chi connectivity index (χ1v) is 6.55. The van der Waals surface area contributed by atoms with Crippen molar-refractivity contribution in [1.82, 2.24) is 4.90 Å². The van der Waals surface area contributed by atoms with Crippen molar-refractivity contribution in [2.24, 2.45) is 0 Å². The number of hydrogen-bond donors (Lipinski definition) is 2. The van der Waals surface area contributed by atoms with Crippen LogP contribution in [-0.2, 0) is 4.79 Å². The van der Waals surface area contributed by atoms with E-state index in [0.29, 0.717) is 11.4 Å². The van der Waals surface area contributed by atoms with Gasteiger partial charge in [-0.05, 0) is 32.4 Å². The number of nitrogens with one attached hydrogen (secondary N) is 1. The lowest BCUT2D eigenvalue weighted by Gasteiger charge is -2.16. The minimum atomic E-state index is -0.152. The lowest BCUT2D eigenvalue weighted by Crippen LogP contribution is -2.30. The van der Waals surface area contributed by atoms with E-state index in [0.717, 1.165) is 18.7 Å². The van der Waals surface area contributed by atoms with E-state index in [2.05, 4.69) is 5.32 Å². The molecule has 1 aromatic carbocycles. The smallest absolute Gasteiger partial charge is 0.244 e. The summed E-state index contributed by atoms with van der Waals surface area (Å²) >= 11 is 0. The summed E-state index contributed by atoms with van der Waals surface area (Å²) in [5, 5.41) is 3.24. The third kappa shape index (κ3) is 3.10. The summed E-state index contributed by atoms with van der Waals surface area (Å²) in [6, 6.07) is 5.36. The number of rotatable bonds is 4. The first-order chi connectivity index (χ1) is 8.97. The van der Waals surface area contributed by atoms with Crippen LogP contribution in [0.3, 0.4) is 0 Å². The van der Waals surface area contributed by atoms with Crippen molar-refractivity contribution >= 4 is 17.3 Å². The van der Waals surface area contributed by atoms with Crippen LogP contribution in [0.5, 0.6) is 5.75 Å². The SMILES string of the molecule is CC(C)Oc1cc(NC2CCN(C)C2=O)ccc1N. The Bertz CT molecular complexity index is 474. The number of carbonyl (C=O) groups excluding carboxylic acids is 1. The molecule has 0 aliphatic carbocycles. The number of hydrogen-bond acceptors (Lipinski definition) is 4. The maximum atomic E-state index is 11.8. The van der Waals surface area contributed by atoms with Crippen LogP contribution in [0, 0.1) is 0 Å². The topological polar surface area (TPSA) is 67.6 Å². The van der Waals surface area contributed by atoms with Gasteiger partial charge in [0, 0.05) is 25.3 Å². The third-order valence-corrected chi connectivity index (χ3v) is 3.14. The summed E-state index contributed by atoms with van der Waals surface area (Å²) in [4.78, 5) is 13.6. The Morgan fingerprint density at radius 3 is 2.79 bits per heavy atom. The van der Waals surface area contributed by atoms with Gasteiger partial charge in [0.25, 0.3) is 0 Å². The summed E-state index contributed by atoms with van der Waals surface area (Å²) in [5.74, 6) is 0.780. The Kier molecular flexibility index (Phi) is 3.83. The molecule has 0 spiro atoms. The first kappa shape index (κ1) is 13.5. The molecule has 5 nitrogen and oxygen atoms in total. The van der Waals surface area contributed by atoms with Crippen molar-refractivity contribution in [3.8, 4) is 5.75 Å². The minimum Gasteiger partial charge on any atom is -0.489 e. The van der Waals surface area contributed by atoms with Crippen LogP contribution in [0.2, 0.25) is 0 Å². The minimum absolute atomic E-state index is 0.0665. The van der Waals surface area contributed by atoms with Crippen molar-refractivity contribution in [3.63, 3.8) is 0 Å². The highest BCUT2D eigenvalue weighted by atomic mass is 16.5. The van der Waals surface area contributed by atoms with E-state index in [1.807, 2.05) is 33.0 Å². The second-order valence-electron chi connectivity index (χ2n) is 5.16. The number of carbonyl (C=O) groups is 1. The van der Waals surface area contributed by atoms with Gasteiger partial charge in [0.1, 0.15) is 11.8 Å². The van der Waals surface area contributed by atoms with Gasteiger partial charge < -0.3 is 20.7 Å². The van der Waals surface area contributed by atoms with E-state index < -0.39 is 0 Å². The largest absolute Gasteiger partial charge is 0.489 e. The molecule has 0 saturated carbocycles. The number of amides is 1. The number of ether oxygens (including phenoxy) is 1.